The molecule has 0 amide bonds. The van der Waals surface area contributed by atoms with Gasteiger partial charge < -0.3 is 5.73 Å². The van der Waals surface area contributed by atoms with Gasteiger partial charge in [-0.25, -0.2) is 4.39 Å². The molecule has 16 heavy (non-hydrogen) atoms. The summed E-state index contributed by atoms with van der Waals surface area (Å²) in [5.41, 5.74) is 6.23. The maximum Gasteiger partial charge on any atom is 0.148 e. The highest BCUT2D eigenvalue weighted by atomic mass is 79.9. The van der Waals surface area contributed by atoms with E-state index in [1.165, 1.54) is 6.20 Å². The molecule has 7 heteroatoms. The Hall–Kier alpha value is -0.560. The molecule has 2 N–H and O–H groups in total. The number of halogens is 3. The Morgan fingerprint density at radius 2 is 2.25 bits per heavy atom. The Morgan fingerprint density at radius 3 is 2.88 bits per heavy atom. The van der Waals surface area contributed by atoms with E-state index in [2.05, 4.69) is 25.5 Å². The molecule has 0 bridgehead atoms. The topological polar surface area (TPSA) is 51.8 Å². The highest BCUT2D eigenvalue weighted by Gasteiger charge is 2.18. The Balaban J connectivity index is 2.45. The van der Waals surface area contributed by atoms with Gasteiger partial charge in [0.1, 0.15) is 5.82 Å². The molecular formula is C9H6BrClFN3S. The highest BCUT2D eigenvalue weighted by Crippen LogP contribution is 2.32. The fraction of sp³-hybridized carbons (Fsp3) is 0.111. The SMILES string of the molecule is NC(c1cnns1)c1ccc(Br)c(Cl)c1F. The van der Waals surface area contributed by atoms with Gasteiger partial charge in [-0.2, -0.15) is 0 Å². The second-order valence-electron chi connectivity index (χ2n) is 3.06. The number of nitrogens with zero attached hydrogens (tertiary/aromatic N) is 2. The summed E-state index contributed by atoms with van der Waals surface area (Å²) in [6.45, 7) is 0. The van der Waals surface area contributed by atoms with Crippen molar-refractivity contribution in [3.05, 3.63) is 44.1 Å². The number of nitrogens with two attached hydrogens (primary N) is 1. The van der Waals surface area contributed by atoms with Crippen LogP contribution in [-0.2, 0) is 0 Å². The van der Waals surface area contributed by atoms with Crippen LogP contribution >= 0.6 is 39.1 Å². The predicted molar refractivity (Wildman–Crippen MR) is 65.0 cm³/mol. The lowest BCUT2D eigenvalue weighted by Gasteiger charge is -2.11. The summed E-state index contributed by atoms with van der Waals surface area (Å²) in [6, 6.07) is 2.66. The van der Waals surface area contributed by atoms with Crippen LogP contribution in [0.3, 0.4) is 0 Å². The van der Waals surface area contributed by atoms with Crippen LogP contribution < -0.4 is 5.73 Å². The van der Waals surface area contributed by atoms with Gasteiger partial charge in [0.2, 0.25) is 0 Å². The molecule has 0 fully saturated rings. The fourth-order valence-electron chi connectivity index (χ4n) is 1.25. The van der Waals surface area contributed by atoms with Gasteiger partial charge in [0.25, 0.3) is 0 Å². The Labute approximate surface area is 109 Å². The quantitative estimate of drug-likeness (QED) is 0.864. The number of hydrogen-bond acceptors (Lipinski definition) is 4. The first-order chi connectivity index (χ1) is 7.61. The molecule has 1 aromatic heterocycles. The second-order valence-corrected chi connectivity index (χ2v) is 5.11. The van der Waals surface area contributed by atoms with E-state index < -0.39 is 11.9 Å². The lowest BCUT2D eigenvalue weighted by atomic mass is 10.1. The minimum Gasteiger partial charge on any atom is -0.319 e. The van der Waals surface area contributed by atoms with Crippen molar-refractivity contribution in [1.82, 2.24) is 9.59 Å². The van der Waals surface area contributed by atoms with Gasteiger partial charge in [-0.15, -0.1) is 5.10 Å². The molecule has 0 aliphatic heterocycles. The average Bonchev–Trinajstić information content (AvgIpc) is 2.79. The molecule has 2 rings (SSSR count). The lowest BCUT2D eigenvalue weighted by Crippen LogP contribution is -2.12. The van der Waals surface area contributed by atoms with Crippen molar-refractivity contribution in [3.8, 4) is 0 Å². The lowest BCUT2D eigenvalue weighted by molar-refractivity contribution is 0.600. The monoisotopic (exact) mass is 321 g/mol. The smallest absolute Gasteiger partial charge is 0.148 e. The van der Waals surface area contributed by atoms with Crippen molar-refractivity contribution in [3.63, 3.8) is 0 Å². The van der Waals surface area contributed by atoms with Crippen molar-refractivity contribution in [1.29, 1.82) is 0 Å². The van der Waals surface area contributed by atoms with Crippen LogP contribution in [0, 0.1) is 5.82 Å². The molecular weight excluding hydrogens is 317 g/mol. The summed E-state index contributed by atoms with van der Waals surface area (Å²) >= 11 is 10.1. The molecule has 1 heterocycles. The van der Waals surface area contributed by atoms with Gasteiger partial charge in [0, 0.05) is 10.0 Å². The predicted octanol–water partition coefficient (Wildman–Crippen LogP) is 3.14. The van der Waals surface area contributed by atoms with Gasteiger partial charge in [0.15, 0.2) is 0 Å². The largest absolute Gasteiger partial charge is 0.319 e. The number of aromatic nitrogens is 2. The average molecular weight is 323 g/mol. The molecule has 0 spiro atoms. The van der Waals surface area contributed by atoms with Crippen LogP contribution in [0.5, 0.6) is 0 Å². The summed E-state index contributed by atoms with van der Waals surface area (Å²) in [4.78, 5) is 0.692. The van der Waals surface area contributed by atoms with E-state index >= 15 is 0 Å². The van der Waals surface area contributed by atoms with Crippen LogP contribution in [-0.4, -0.2) is 9.59 Å². The molecule has 84 valence electrons. The van der Waals surface area contributed by atoms with Gasteiger partial charge in [-0.05, 0) is 33.5 Å². The molecule has 2 aromatic rings. The second kappa shape index (κ2) is 4.75. The van der Waals surface area contributed by atoms with Crippen molar-refractivity contribution in [2.75, 3.05) is 0 Å². The molecule has 1 atom stereocenters. The van der Waals surface area contributed by atoms with Crippen LogP contribution in [0.4, 0.5) is 4.39 Å². The zero-order valence-corrected chi connectivity index (χ0v) is 11.0. The minimum absolute atomic E-state index is 0.0328. The molecule has 1 aromatic carbocycles. The molecule has 1 unspecified atom stereocenters. The van der Waals surface area contributed by atoms with Crippen molar-refractivity contribution >= 4 is 39.1 Å². The summed E-state index contributed by atoms with van der Waals surface area (Å²) in [7, 11) is 0. The van der Waals surface area contributed by atoms with Crippen LogP contribution in [0.1, 0.15) is 16.5 Å². The summed E-state index contributed by atoms with van der Waals surface area (Å²) in [5.74, 6) is -0.517. The van der Waals surface area contributed by atoms with E-state index in [9.17, 15) is 4.39 Å². The Morgan fingerprint density at radius 1 is 1.50 bits per heavy atom. The van der Waals surface area contributed by atoms with E-state index in [1.807, 2.05) is 0 Å². The van der Waals surface area contributed by atoms with Gasteiger partial charge in [-0.1, -0.05) is 22.2 Å². The van der Waals surface area contributed by atoms with Crippen LogP contribution in [0.15, 0.2) is 22.8 Å². The van der Waals surface area contributed by atoms with Crippen molar-refractivity contribution in [2.24, 2.45) is 5.73 Å². The van der Waals surface area contributed by atoms with Crippen LogP contribution in [0.25, 0.3) is 0 Å². The van der Waals surface area contributed by atoms with Gasteiger partial charge in [0.05, 0.1) is 22.1 Å². The standard InChI is InChI=1S/C9H6BrClFN3S/c10-5-2-1-4(8(12)7(5)11)9(13)6-3-14-15-16-6/h1-3,9H,13H2. The number of rotatable bonds is 2. The van der Waals surface area contributed by atoms with Crippen LogP contribution in [0.2, 0.25) is 5.02 Å². The third kappa shape index (κ3) is 2.10. The summed E-state index contributed by atoms with van der Waals surface area (Å²) < 4.78 is 18.0. The minimum atomic E-state index is -0.592. The first-order valence-corrected chi connectivity index (χ1v) is 6.22. The fourth-order valence-corrected chi connectivity index (χ4v) is 2.25. The molecule has 3 nitrogen and oxygen atoms in total. The third-order valence-electron chi connectivity index (χ3n) is 2.08. The summed E-state index contributed by atoms with van der Waals surface area (Å²) in [5, 5.41) is 3.70. The van der Waals surface area contributed by atoms with Crippen molar-refractivity contribution in [2.45, 2.75) is 6.04 Å². The van der Waals surface area contributed by atoms with Gasteiger partial charge in [-0.3, -0.25) is 0 Å². The zero-order valence-electron chi connectivity index (χ0n) is 7.82. The summed E-state index contributed by atoms with van der Waals surface area (Å²) in [6.07, 6.45) is 1.52. The van der Waals surface area contributed by atoms with E-state index in [0.29, 0.717) is 14.9 Å². The first kappa shape index (κ1) is 11.9. The van der Waals surface area contributed by atoms with Gasteiger partial charge >= 0.3 is 0 Å². The molecule has 0 saturated heterocycles. The molecule has 0 aliphatic carbocycles. The molecule has 0 saturated carbocycles. The number of hydrogen-bond donors (Lipinski definition) is 1. The zero-order chi connectivity index (χ0) is 11.7. The van der Waals surface area contributed by atoms with E-state index in [-0.39, 0.29) is 5.02 Å². The first-order valence-electron chi connectivity index (χ1n) is 4.27. The number of benzene rings is 1. The maximum absolute atomic E-state index is 13.8. The van der Waals surface area contributed by atoms with E-state index in [1.54, 1.807) is 12.1 Å². The Kier molecular flexibility index (Phi) is 3.53. The third-order valence-corrected chi connectivity index (χ3v) is 4.09. The highest BCUT2D eigenvalue weighted by molar-refractivity contribution is 9.10. The maximum atomic E-state index is 13.8. The van der Waals surface area contributed by atoms with E-state index in [0.717, 1.165) is 11.5 Å². The van der Waals surface area contributed by atoms with E-state index in [4.69, 9.17) is 17.3 Å². The Bertz CT molecular complexity index is 506. The molecule has 0 radical (unpaired) electrons. The normalized spacial score (nSPS) is 12.8. The molecule has 0 aliphatic rings. The van der Waals surface area contributed by atoms with Crippen molar-refractivity contribution < 1.29 is 4.39 Å².